The number of benzene rings is 1. The Morgan fingerprint density at radius 3 is 1.98 bits per heavy atom. The number of nitrogens with one attached hydrogen (secondary N) is 1. The Kier molecular flexibility index (Phi) is 13.0. The van der Waals surface area contributed by atoms with Crippen LogP contribution >= 0.6 is 0 Å². The van der Waals surface area contributed by atoms with Crippen LogP contribution in [0, 0.1) is 36.5 Å². The monoisotopic (exact) mass is 753 g/mol. The van der Waals surface area contributed by atoms with Crippen molar-refractivity contribution in [1.29, 1.82) is 0 Å². The number of amides is 1. The first-order valence-corrected chi connectivity index (χ1v) is 17.8. The maximum Gasteiger partial charge on any atom is 0.313 e. The first kappa shape index (κ1) is 42.0. The molecule has 14 heteroatoms. The van der Waals surface area contributed by atoms with Crippen LogP contribution in [-0.2, 0) is 28.6 Å². The van der Waals surface area contributed by atoms with E-state index in [1.54, 1.807) is 32.9 Å². The number of ketones is 1. The summed E-state index contributed by atoms with van der Waals surface area (Å²) >= 11 is 0. The van der Waals surface area contributed by atoms with Crippen LogP contribution in [0.4, 0.5) is 5.69 Å². The van der Waals surface area contributed by atoms with E-state index in [0.29, 0.717) is 5.57 Å². The molecule has 1 aliphatic carbocycles. The Morgan fingerprint density at radius 1 is 0.833 bits per heavy atom. The van der Waals surface area contributed by atoms with Crippen molar-refractivity contribution in [3.8, 4) is 11.5 Å². The first-order valence-electron chi connectivity index (χ1n) is 17.8. The van der Waals surface area contributed by atoms with E-state index in [0.717, 1.165) is 14.0 Å². The molecule has 4 aliphatic rings. The molecule has 1 aromatic rings. The summed E-state index contributed by atoms with van der Waals surface area (Å²) in [5, 5.41) is 60.0. The Hall–Kier alpha value is -4.76. The highest BCUT2D eigenvalue weighted by atomic mass is 16.7. The third-order valence-electron chi connectivity index (χ3n) is 10.6. The van der Waals surface area contributed by atoms with E-state index >= 15 is 0 Å². The molecule has 4 bridgehead atoms. The molecule has 9 atom stereocenters. The minimum Gasteiger partial charge on any atom is -0.505 e. The van der Waals surface area contributed by atoms with Crippen molar-refractivity contribution in [2.24, 2.45) is 29.6 Å². The number of hydrogen-bond donors (Lipinski definition) is 6. The van der Waals surface area contributed by atoms with Crippen molar-refractivity contribution in [1.82, 2.24) is 0 Å². The number of Topliss-reactive ketones (excluding diaryl/α,β-unsaturated/α-hetero) is 1. The highest BCUT2D eigenvalue weighted by Gasteiger charge is 2.45. The fraction of sp³-hybridized carbons (Fsp3) is 0.500. The number of esters is 2. The lowest BCUT2D eigenvalue weighted by atomic mass is 9.76. The van der Waals surface area contributed by atoms with Crippen LogP contribution in [0.5, 0.6) is 11.5 Å². The van der Waals surface area contributed by atoms with E-state index < -0.39 is 83.4 Å². The second kappa shape index (κ2) is 16.7. The highest BCUT2D eigenvalue weighted by molar-refractivity contribution is 6.21. The van der Waals surface area contributed by atoms with Crippen molar-refractivity contribution < 1.29 is 63.7 Å². The molecule has 3 aliphatic heterocycles. The molecule has 0 aromatic heterocycles. The molecule has 54 heavy (non-hydrogen) atoms. The maximum absolute atomic E-state index is 14.0. The molecular weight excluding hydrogens is 702 g/mol. The van der Waals surface area contributed by atoms with E-state index in [2.05, 4.69) is 5.32 Å². The number of aliphatic hydroxyl groups excluding tert-OH is 4. The average molecular weight is 754 g/mol. The van der Waals surface area contributed by atoms with E-state index in [1.165, 1.54) is 46.8 Å². The second-order valence-corrected chi connectivity index (χ2v) is 14.4. The van der Waals surface area contributed by atoms with Gasteiger partial charge in [-0.3, -0.25) is 19.2 Å². The van der Waals surface area contributed by atoms with Crippen LogP contribution in [-0.4, -0.2) is 87.5 Å². The summed E-state index contributed by atoms with van der Waals surface area (Å²) in [6.45, 7) is 13.4. The van der Waals surface area contributed by atoms with Gasteiger partial charge in [-0.15, -0.1) is 0 Å². The van der Waals surface area contributed by atoms with Crippen LogP contribution in [0.15, 0.2) is 52.5 Å². The molecule has 0 saturated carbocycles. The number of fused-ring (bicyclic) bond motifs is 14. The van der Waals surface area contributed by atoms with Gasteiger partial charge in [0, 0.05) is 52.9 Å². The number of carbonyl (C=O) groups is 4. The Balaban J connectivity index is 2.03. The Labute approximate surface area is 314 Å². The van der Waals surface area contributed by atoms with Crippen molar-refractivity contribution in [2.75, 3.05) is 19.2 Å². The molecule has 0 radical (unpaired) electrons. The number of allylic oxidation sites excluding steroid dienone is 5. The smallest absolute Gasteiger partial charge is 0.313 e. The molecule has 1 aromatic carbocycles. The zero-order valence-electron chi connectivity index (χ0n) is 32.2. The number of anilines is 1. The lowest BCUT2D eigenvalue weighted by molar-refractivity contribution is -0.164. The van der Waals surface area contributed by atoms with Gasteiger partial charge in [0.15, 0.2) is 11.5 Å². The molecule has 0 fully saturated rings. The molecule has 0 saturated heterocycles. The van der Waals surface area contributed by atoms with Gasteiger partial charge in [0.25, 0.3) is 5.91 Å². The quantitative estimate of drug-likeness (QED) is 0.143. The van der Waals surface area contributed by atoms with Crippen LogP contribution in [0.1, 0.15) is 76.9 Å². The van der Waals surface area contributed by atoms with Crippen LogP contribution in [0.3, 0.4) is 0 Å². The average Bonchev–Trinajstić information content (AvgIpc) is 3.13. The molecule has 14 nitrogen and oxygen atoms in total. The van der Waals surface area contributed by atoms with E-state index in [9.17, 15) is 44.7 Å². The standard InChI is InChI=1S/C40H51NO13/c1-16-12-11-13-17(2)39(49)41-29-20(5)38(54-24(9)42)25-26(35(29)48)34(47)23(8)37-27(25)36(52-15-53-37)19(4)14-18(3)31(44)22(7)33(46)28(40(50)51-10)32(45)21(6)30(16)43/h11-14,16,18,21-22,28,30-33,43-46,48H,15H2,1-10H3,(H,41,49)/t16-,18+,21-,22+,28-,30-,31+,32-,33-/m1/s1. The van der Waals surface area contributed by atoms with Gasteiger partial charge >= 0.3 is 11.9 Å². The number of phenols is 1. The minimum atomic E-state index is -1.62. The summed E-state index contributed by atoms with van der Waals surface area (Å²) in [7, 11) is 1.11. The van der Waals surface area contributed by atoms with Crippen molar-refractivity contribution in [3.63, 3.8) is 0 Å². The van der Waals surface area contributed by atoms with Crippen LogP contribution < -0.4 is 10.1 Å². The van der Waals surface area contributed by atoms with Gasteiger partial charge in [0.05, 0.1) is 48.3 Å². The van der Waals surface area contributed by atoms with Crippen molar-refractivity contribution in [3.05, 3.63) is 69.2 Å². The summed E-state index contributed by atoms with van der Waals surface area (Å²) < 4.78 is 22.5. The molecule has 6 N–H and O–H groups in total. The van der Waals surface area contributed by atoms with Gasteiger partial charge in [0.2, 0.25) is 6.79 Å². The summed E-state index contributed by atoms with van der Waals surface area (Å²) in [6, 6.07) is 0. The van der Waals surface area contributed by atoms with Crippen LogP contribution in [0.25, 0.3) is 5.57 Å². The molecule has 3 heterocycles. The summed E-state index contributed by atoms with van der Waals surface area (Å²) in [5.74, 6) is -8.30. The van der Waals surface area contributed by atoms with Crippen molar-refractivity contribution in [2.45, 2.75) is 86.7 Å². The zero-order chi connectivity index (χ0) is 40.5. The zero-order valence-corrected chi connectivity index (χ0v) is 32.2. The number of methoxy groups -OCH3 is 1. The molecular formula is C40H51NO13. The fourth-order valence-corrected chi connectivity index (χ4v) is 7.22. The minimum absolute atomic E-state index is 0.00611. The van der Waals surface area contributed by atoms with Gasteiger partial charge < -0.3 is 49.8 Å². The number of phenolic OH excluding ortho intramolecular Hbond substituents is 1. The third kappa shape index (κ3) is 7.88. The Morgan fingerprint density at radius 2 is 1.41 bits per heavy atom. The molecule has 0 unspecified atom stereocenters. The maximum atomic E-state index is 14.0. The van der Waals surface area contributed by atoms with Gasteiger partial charge in [-0.05, 0) is 33.3 Å². The predicted octanol–water partition coefficient (Wildman–Crippen LogP) is 3.99. The van der Waals surface area contributed by atoms with Gasteiger partial charge in [-0.1, -0.05) is 52.0 Å². The summed E-state index contributed by atoms with van der Waals surface area (Å²) in [6.07, 6.45) is 0.456. The molecule has 5 rings (SSSR count). The lowest BCUT2D eigenvalue weighted by Gasteiger charge is -2.37. The van der Waals surface area contributed by atoms with E-state index in [-0.39, 0.29) is 63.2 Å². The first-order chi connectivity index (χ1) is 25.3. The van der Waals surface area contributed by atoms with E-state index in [4.69, 9.17) is 18.9 Å². The number of hydrogen-bond acceptors (Lipinski definition) is 13. The van der Waals surface area contributed by atoms with E-state index in [1.807, 2.05) is 0 Å². The SMILES string of the molecule is COC(=O)[C@H]1[C@H](O)[C@@H](C)[C@@H](O)[C@@H](C)C=C(C)C2=C3C(=C(C)C(=O)c4c(O)c(c(C)c(OC(C)=O)c43)NC(=O)C(C)=CC=C[C@@H](C)[C@@H](O)[C@@H](C)[C@H]1O)OCO2. The number of aliphatic hydroxyl groups is 4. The van der Waals surface area contributed by atoms with Crippen molar-refractivity contribution >= 4 is 34.9 Å². The summed E-state index contributed by atoms with van der Waals surface area (Å²) in [4.78, 5) is 53.0. The number of rotatable bonds is 2. The Bertz CT molecular complexity index is 1870. The summed E-state index contributed by atoms with van der Waals surface area (Å²) in [5.41, 5.74) is 0.550. The normalized spacial score (nSPS) is 29.8. The fourth-order valence-electron chi connectivity index (χ4n) is 7.22. The number of aromatic hydroxyl groups is 1. The highest BCUT2D eigenvalue weighted by Crippen LogP contribution is 2.53. The molecule has 0 spiro atoms. The van der Waals surface area contributed by atoms with Crippen LogP contribution in [0.2, 0.25) is 0 Å². The predicted molar refractivity (Wildman–Crippen MR) is 197 cm³/mol. The molecule has 294 valence electrons. The van der Waals surface area contributed by atoms with Gasteiger partial charge in [0.1, 0.15) is 23.2 Å². The van der Waals surface area contributed by atoms with Gasteiger partial charge in [-0.2, -0.15) is 0 Å². The van der Waals surface area contributed by atoms with Gasteiger partial charge in [-0.25, -0.2) is 0 Å². The molecule has 1 amide bonds. The number of carbonyl (C=O) groups excluding carboxylic acids is 4. The second-order valence-electron chi connectivity index (χ2n) is 14.4. The lowest BCUT2D eigenvalue weighted by Crippen LogP contribution is -2.50. The third-order valence-corrected chi connectivity index (χ3v) is 10.6. The number of ether oxygens (including phenoxy) is 4. The topological polar surface area (TPSA) is 218 Å². The largest absolute Gasteiger partial charge is 0.505 e.